The van der Waals surface area contributed by atoms with E-state index in [0.29, 0.717) is 11.3 Å². The van der Waals surface area contributed by atoms with Gasteiger partial charge in [-0.15, -0.1) is 0 Å². The van der Waals surface area contributed by atoms with Crippen LogP contribution in [0.15, 0.2) is 23.2 Å². The number of hydrogen-bond donors (Lipinski definition) is 0. The first-order chi connectivity index (χ1) is 9.74. The number of fused-ring (bicyclic) bond motifs is 1. The molecule has 6 nitrogen and oxygen atoms in total. The molecule has 0 saturated carbocycles. The normalized spacial score (nSPS) is 12.9. The molecule has 112 valence electrons. The van der Waals surface area contributed by atoms with Gasteiger partial charge in [0.15, 0.2) is 4.80 Å². The summed E-state index contributed by atoms with van der Waals surface area (Å²) in [6.45, 7) is 7.96. The fraction of sp³-hybridized carbons (Fsp3) is 0.429. The van der Waals surface area contributed by atoms with Crippen molar-refractivity contribution in [1.82, 2.24) is 4.57 Å². The van der Waals surface area contributed by atoms with Gasteiger partial charge in [0.05, 0.1) is 15.1 Å². The summed E-state index contributed by atoms with van der Waals surface area (Å²) < 4.78 is 2.71. The number of thiazole rings is 1. The van der Waals surface area contributed by atoms with E-state index in [9.17, 15) is 14.9 Å². The average Bonchev–Trinajstić information content (AvgIpc) is 2.73. The number of aryl methyl sites for hydroxylation is 1. The molecule has 0 aliphatic carbocycles. The summed E-state index contributed by atoms with van der Waals surface area (Å²) >= 11 is 1.37. The number of aromatic nitrogens is 1. The molecule has 1 aromatic carbocycles. The van der Waals surface area contributed by atoms with Gasteiger partial charge in [-0.05, 0) is 13.0 Å². The quantitative estimate of drug-likeness (QED) is 0.631. The van der Waals surface area contributed by atoms with Crippen molar-refractivity contribution in [2.45, 2.75) is 34.2 Å². The maximum atomic E-state index is 12.1. The smallest absolute Gasteiger partial charge is 0.271 e. The zero-order valence-electron chi connectivity index (χ0n) is 12.4. The van der Waals surface area contributed by atoms with Crippen LogP contribution < -0.4 is 4.80 Å². The zero-order chi connectivity index (χ0) is 15.8. The monoisotopic (exact) mass is 307 g/mol. The van der Waals surface area contributed by atoms with Crippen LogP contribution in [0.4, 0.5) is 5.69 Å². The maximum absolute atomic E-state index is 12.1. The van der Waals surface area contributed by atoms with Crippen LogP contribution >= 0.6 is 11.3 Å². The van der Waals surface area contributed by atoms with Gasteiger partial charge in [0.2, 0.25) is 0 Å². The summed E-state index contributed by atoms with van der Waals surface area (Å²) in [4.78, 5) is 27.3. The lowest BCUT2D eigenvalue weighted by Gasteiger charge is -2.11. The molecule has 0 radical (unpaired) electrons. The highest BCUT2D eigenvalue weighted by Crippen LogP contribution is 2.23. The molecule has 1 amide bonds. The van der Waals surface area contributed by atoms with Crippen LogP contribution in [-0.2, 0) is 11.3 Å². The minimum absolute atomic E-state index is 0.0381. The molecular formula is C14H17N3O3S. The Bertz CT molecular complexity index is 781. The van der Waals surface area contributed by atoms with E-state index in [2.05, 4.69) is 4.99 Å². The van der Waals surface area contributed by atoms with Crippen LogP contribution in [0.5, 0.6) is 0 Å². The predicted octanol–water partition coefficient (Wildman–Crippen LogP) is 3.10. The highest BCUT2D eigenvalue weighted by atomic mass is 32.1. The van der Waals surface area contributed by atoms with Crippen molar-refractivity contribution in [3.05, 3.63) is 33.1 Å². The van der Waals surface area contributed by atoms with Gasteiger partial charge in [0.25, 0.3) is 11.6 Å². The fourth-order valence-electron chi connectivity index (χ4n) is 1.82. The third-order valence-corrected chi connectivity index (χ3v) is 4.09. The van der Waals surface area contributed by atoms with E-state index in [0.717, 1.165) is 10.2 Å². The van der Waals surface area contributed by atoms with E-state index in [1.807, 2.05) is 32.3 Å². The summed E-state index contributed by atoms with van der Waals surface area (Å²) in [6, 6.07) is 4.69. The molecule has 0 aliphatic heterocycles. The van der Waals surface area contributed by atoms with Crippen molar-refractivity contribution < 1.29 is 9.72 Å². The zero-order valence-corrected chi connectivity index (χ0v) is 13.2. The van der Waals surface area contributed by atoms with Gasteiger partial charge in [0.1, 0.15) is 0 Å². The van der Waals surface area contributed by atoms with Crippen molar-refractivity contribution in [1.29, 1.82) is 0 Å². The van der Waals surface area contributed by atoms with Gasteiger partial charge < -0.3 is 4.57 Å². The first-order valence-corrected chi connectivity index (χ1v) is 7.42. The molecule has 0 fully saturated rings. The molecule has 0 saturated heterocycles. The minimum Gasteiger partial charge on any atom is -0.316 e. The molecule has 0 spiro atoms. The molecular weight excluding hydrogens is 290 g/mol. The lowest BCUT2D eigenvalue weighted by Crippen LogP contribution is -2.23. The fourth-order valence-corrected chi connectivity index (χ4v) is 2.89. The Morgan fingerprint density at radius 3 is 2.62 bits per heavy atom. The Morgan fingerprint density at radius 1 is 1.43 bits per heavy atom. The molecule has 0 bridgehead atoms. The second-order valence-corrected chi connectivity index (χ2v) is 6.71. The van der Waals surface area contributed by atoms with E-state index in [-0.39, 0.29) is 11.6 Å². The lowest BCUT2D eigenvalue weighted by atomic mass is 9.96. The number of amides is 1. The molecule has 0 atom stereocenters. The van der Waals surface area contributed by atoms with Crippen LogP contribution in [0, 0.1) is 15.5 Å². The third-order valence-electron chi connectivity index (χ3n) is 3.03. The van der Waals surface area contributed by atoms with Crippen molar-refractivity contribution in [2.75, 3.05) is 0 Å². The van der Waals surface area contributed by atoms with Crippen LogP contribution in [0.2, 0.25) is 0 Å². The van der Waals surface area contributed by atoms with E-state index in [1.165, 1.54) is 23.5 Å². The van der Waals surface area contributed by atoms with Crippen molar-refractivity contribution in [2.24, 2.45) is 10.4 Å². The van der Waals surface area contributed by atoms with E-state index in [1.54, 1.807) is 6.07 Å². The number of rotatable bonds is 2. The van der Waals surface area contributed by atoms with Crippen LogP contribution in [-0.4, -0.2) is 15.4 Å². The third kappa shape index (κ3) is 3.02. The average molecular weight is 307 g/mol. The molecule has 1 heterocycles. The number of benzene rings is 1. The molecule has 7 heteroatoms. The van der Waals surface area contributed by atoms with Crippen molar-refractivity contribution >= 4 is 33.1 Å². The van der Waals surface area contributed by atoms with Crippen molar-refractivity contribution in [3.63, 3.8) is 0 Å². The number of hydrogen-bond acceptors (Lipinski definition) is 4. The minimum atomic E-state index is -0.548. The molecule has 2 aromatic rings. The highest BCUT2D eigenvalue weighted by Gasteiger charge is 2.21. The summed E-state index contributed by atoms with van der Waals surface area (Å²) in [6.07, 6.45) is 0. The Hall–Kier alpha value is -2.02. The maximum Gasteiger partial charge on any atom is 0.271 e. The number of nitro groups is 1. The number of carbonyl (C=O) groups excluding carboxylic acids is 1. The van der Waals surface area contributed by atoms with Gasteiger partial charge in [-0.25, -0.2) is 0 Å². The topological polar surface area (TPSA) is 77.5 Å². The van der Waals surface area contributed by atoms with Gasteiger partial charge in [-0.3, -0.25) is 14.9 Å². The standard InChI is InChI=1S/C14H17N3O3S/c1-5-16-10-8-9(17(19)20)6-7-11(10)21-13(16)15-12(18)14(2,3)4/h6-8H,5H2,1-4H3. The molecule has 0 aliphatic rings. The van der Waals surface area contributed by atoms with Gasteiger partial charge in [-0.2, -0.15) is 4.99 Å². The van der Waals surface area contributed by atoms with Crippen LogP contribution in [0.1, 0.15) is 27.7 Å². The number of nitrogens with zero attached hydrogens (tertiary/aromatic N) is 3. The van der Waals surface area contributed by atoms with Gasteiger partial charge in [-0.1, -0.05) is 32.1 Å². The molecule has 0 N–H and O–H groups in total. The van der Waals surface area contributed by atoms with E-state index >= 15 is 0 Å². The molecule has 1 aromatic heterocycles. The second-order valence-electron chi connectivity index (χ2n) is 5.70. The van der Waals surface area contributed by atoms with E-state index < -0.39 is 10.3 Å². The Labute approximate surface area is 125 Å². The second kappa shape index (κ2) is 5.40. The van der Waals surface area contributed by atoms with Gasteiger partial charge >= 0.3 is 0 Å². The summed E-state index contributed by atoms with van der Waals surface area (Å²) in [7, 11) is 0. The first-order valence-electron chi connectivity index (χ1n) is 6.61. The largest absolute Gasteiger partial charge is 0.316 e. The number of nitro benzene ring substituents is 1. The molecule has 2 rings (SSSR count). The SMILES string of the molecule is CCn1c(=NC(=O)C(C)(C)C)sc2ccc([N+](=O)[O-])cc21. The predicted molar refractivity (Wildman–Crippen MR) is 82.2 cm³/mol. The Morgan fingerprint density at radius 2 is 2.10 bits per heavy atom. The van der Waals surface area contributed by atoms with Gasteiger partial charge in [0, 0.05) is 24.1 Å². The Kier molecular flexibility index (Phi) is 3.95. The lowest BCUT2D eigenvalue weighted by molar-refractivity contribution is -0.384. The summed E-state index contributed by atoms with van der Waals surface area (Å²) in [5, 5.41) is 10.9. The van der Waals surface area contributed by atoms with Crippen LogP contribution in [0.3, 0.4) is 0 Å². The first kappa shape index (κ1) is 15.4. The van der Waals surface area contributed by atoms with Crippen molar-refractivity contribution in [3.8, 4) is 0 Å². The molecule has 0 unspecified atom stereocenters. The van der Waals surface area contributed by atoms with Crippen LogP contribution in [0.25, 0.3) is 10.2 Å². The summed E-state index contributed by atoms with van der Waals surface area (Å²) in [5.74, 6) is -0.203. The van der Waals surface area contributed by atoms with E-state index in [4.69, 9.17) is 0 Å². The number of non-ortho nitro benzene ring substituents is 1. The Balaban J connectivity index is 2.69. The number of carbonyl (C=O) groups is 1. The highest BCUT2D eigenvalue weighted by molar-refractivity contribution is 7.16. The summed E-state index contributed by atoms with van der Waals surface area (Å²) in [5.41, 5.74) is 0.224. The molecule has 21 heavy (non-hydrogen) atoms.